The molecule has 0 saturated heterocycles. The van der Waals surface area contributed by atoms with Gasteiger partial charge in [-0.1, -0.05) is 12.1 Å². The number of halogens is 3. The van der Waals surface area contributed by atoms with Crippen LogP contribution in [0.5, 0.6) is 5.75 Å². The first-order chi connectivity index (χ1) is 19.1. The summed E-state index contributed by atoms with van der Waals surface area (Å²) in [6.07, 6.45) is -4.47. The van der Waals surface area contributed by atoms with Gasteiger partial charge < -0.3 is 36.4 Å². The minimum atomic E-state index is -5.08. The average Bonchev–Trinajstić information content (AvgIpc) is 2.84. The van der Waals surface area contributed by atoms with Crippen LogP contribution in [0.3, 0.4) is 0 Å². The van der Waals surface area contributed by atoms with Crippen molar-refractivity contribution < 1.29 is 57.2 Å². The second-order valence-electron chi connectivity index (χ2n) is 8.60. The number of hydrogen-bond acceptors (Lipinski definition) is 7. The highest BCUT2D eigenvalue weighted by atomic mass is 19.4. The number of carboxylic acid groups (broad SMARTS) is 3. The number of guanidine groups is 1. The maximum atomic E-state index is 12.7. The van der Waals surface area contributed by atoms with Gasteiger partial charge in [0.1, 0.15) is 11.8 Å². The molecule has 3 rings (SSSR count). The van der Waals surface area contributed by atoms with Crippen molar-refractivity contribution in [2.75, 3.05) is 5.32 Å². The van der Waals surface area contributed by atoms with E-state index in [4.69, 9.17) is 36.0 Å². The molecule has 41 heavy (non-hydrogen) atoms. The molecular formula is C25H25F3N4O9. The molecule has 220 valence electrons. The number of nitrogens with two attached hydrogens (primary N) is 1. The predicted molar refractivity (Wildman–Crippen MR) is 135 cm³/mol. The van der Waals surface area contributed by atoms with Gasteiger partial charge in [-0.15, -0.1) is 0 Å². The van der Waals surface area contributed by atoms with Crippen molar-refractivity contribution in [2.24, 2.45) is 5.73 Å². The van der Waals surface area contributed by atoms with E-state index in [1.807, 2.05) is 6.07 Å². The molecule has 0 aromatic heterocycles. The molecular weight excluding hydrogens is 557 g/mol. The van der Waals surface area contributed by atoms with Crippen LogP contribution in [0.4, 0.5) is 18.9 Å². The number of alkyl halides is 3. The average molecular weight is 582 g/mol. The minimum absolute atomic E-state index is 0.0646. The Balaban J connectivity index is 0.000000745. The van der Waals surface area contributed by atoms with E-state index >= 15 is 0 Å². The Bertz CT molecular complexity index is 1360. The number of anilines is 1. The number of carboxylic acids is 3. The van der Waals surface area contributed by atoms with Gasteiger partial charge in [0.15, 0.2) is 5.96 Å². The lowest BCUT2D eigenvalue weighted by Gasteiger charge is -2.18. The molecule has 0 bridgehead atoms. The molecule has 8 N–H and O–H groups in total. The number of nitrogens with one attached hydrogen (secondary N) is 3. The van der Waals surface area contributed by atoms with Crippen molar-refractivity contribution in [3.05, 3.63) is 58.7 Å². The fourth-order valence-electron chi connectivity index (χ4n) is 3.61. The zero-order chi connectivity index (χ0) is 30.9. The van der Waals surface area contributed by atoms with Crippen LogP contribution in [0.2, 0.25) is 0 Å². The summed E-state index contributed by atoms with van der Waals surface area (Å²) in [5, 5.41) is 37.2. The number of aliphatic carboxylic acids is 3. The van der Waals surface area contributed by atoms with Crippen LogP contribution in [0.15, 0.2) is 36.4 Å². The fraction of sp³-hybridized carbons (Fsp3) is 0.280. The van der Waals surface area contributed by atoms with Crippen molar-refractivity contribution >= 4 is 41.4 Å². The van der Waals surface area contributed by atoms with Crippen LogP contribution in [0, 0.1) is 5.41 Å². The van der Waals surface area contributed by atoms with Gasteiger partial charge >= 0.3 is 30.1 Å². The zero-order valence-electron chi connectivity index (χ0n) is 21.1. The lowest BCUT2D eigenvalue weighted by atomic mass is 9.96. The topological polar surface area (TPSA) is 229 Å². The third-order valence-corrected chi connectivity index (χ3v) is 5.50. The standard InChI is InChI=1S/C23H24N4O7.C2HF3O2/c24-23(25)26-15-6-7-16-14(10-15)5-4-13-3-1-12(9-18(13)34-22(16)33)2-8-19(28)27-17(21(31)32)11-20(29)30;3-2(4,5)1(6)7/h1,3,6-7,9-10,17H,2,4-5,8,11H2,(H,27,28)(H,29,30)(H,31,32)(H4,24,25,26);(H,6,7)/t17-;/m0./s1. The van der Waals surface area contributed by atoms with Crippen molar-refractivity contribution in [1.29, 1.82) is 5.41 Å². The number of rotatable bonds is 8. The first-order valence-corrected chi connectivity index (χ1v) is 11.7. The van der Waals surface area contributed by atoms with Gasteiger partial charge in [0, 0.05) is 12.1 Å². The van der Waals surface area contributed by atoms with E-state index in [9.17, 15) is 32.3 Å². The van der Waals surface area contributed by atoms with E-state index in [1.165, 1.54) is 0 Å². The maximum Gasteiger partial charge on any atom is 0.490 e. The van der Waals surface area contributed by atoms with Crippen LogP contribution < -0.4 is 21.1 Å². The van der Waals surface area contributed by atoms with Gasteiger partial charge in [0.25, 0.3) is 0 Å². The Morgan fingerprint density at radius 3 is 2.22 bits per heavy atom. The monoisotopic (exact) mass is 582 g/mol. The van der Waals surface area contributed by atoms with E-state index < -0.39 is 48.4 Å². The van der Waals surface area contributed by atoms with Gasteiger partial charge in [-0.2, -0.15) is 13.2 Å². The van der Waals surface area contributed by atoms with E-state index in [0.717, 1.165) is 11.1 Å². The lowest BCUT2D eigenvalue weighted by Crippen LogP contribution is -2.42. The van der Waals surface area contributed by atoms with Gasteiger partial charge in [0.05, 0.1) is 12.0 Å². The molecule has 0 fully saturated rings. The number of carbonyl (C=O) groups is 5. The van der Waals surface area contributed by atoms with Gasteiger partial charge in [0.2, 0.25) is 5.91 Å². The molecule has 16 heteroatoms. The summed E-state index contributed by atoms with van der Waals surface area (Å²) in [4.78, 5) is 55.6. The Morgan fingerprint density at radius 1 is 1.02 bits per heavy atom. The maximum absolute atomic E-state index is 12.7. The summed E-state index contributed by atoms with van der Waals surface area (Å²) in [6.45, 7) is 0. The highest BCUT2D eigenvalue weighted by Gasteiger charge is 2.38. The first-order valence-electron chi connectivity index (χ1n) is 11.7. The van der Waals surface area contributed by atoms with Gasteiger partial charge in [-0.25, -0.2) is 14.4 Å². The van der Waals surface area contributed by atoms with Crippen molar-refractivity contribution in [1.82, 2.24) is 5.32 Å². The summed E-state index contributed by atoms with van der Waals surface area (Å²) >= 11 is 0. The smallest absolute Gasteiger partial charge is 0.481 e. The molecule has 0 aliphatic carbocycles. The third-order valence-electron chi connectivity index (χ3n) is 5.50. The second-order valence-corrected chi connectivity index (χ2v) is 8.60. The van der Waals surface area contributed by atoms with Crippen molar-refractivity contribution in [3.8, 4) is 5.75 Å². The SMILES string of the molecule is N=C(N)Nc1ccc2c(c1)CCc1ccc(CCC(=O)N[C@@H](CC(=O)O)C(=O)O)cc1OC2=O.O=C(O)C(F)(F)F. The summed E-state index contributed by atoms with van der Waals surface area (Å²) in [7, 11) is 0. The Labute approximate surface area is 229 Å². The van der Waals surface area contributed by atoms with Crippen LogP contribution >= 0.6 is 0 Å². The second kappa shape index (κ2) is 13.8. The third kappa shape index (κ3) is 10.2. The Morgan fingerprint density at radius 2 is 1.66 bits per heavy atom. The molecule has 0 unspecified atom stereocenters. The zero-order valence-corrected chi connectivity index (χ0v) is 21.1. The number of benzene rings is 2. The number of esters is 1. The van der Waals surface area contributed by atoms with Gasteiger partial charge in [-0.3, -0.25) is 15.0 Å². The molecule has 1 aliphatic rings. The number of carbonyl (C=O) groups excluding carboxylic acids is 2. The quantitative estimate of drug-likeness (QED) is 0.103. The molecule has 0 saturated carbocycles. The summed E-state index contributed by atoms with van der Waals surface area (Å²) < 4.78 is 37.3. The molecule has 1 amide bonds. The number of ether oxygens (including phenoxy) is 1. The van der Waals surface area contributed by atoms with Crippen LogP contribution in [0.1, 0.15) is 39.9 Å². The normalized spacial score (nSPS) is 12.9. The molecule has 1 heterocycles. The number of aryl methyl sites for hydroxylation is 3. The molecule has 0 radical (unpaired) electrons. The van der Waals surface area contributed by atoms with E-state index in [2.05, 4.69) is 10.6 Å². The number of amides is 1. The van der Waals surface area contributed by atoms with Crippen molar-refractivity contribution in [3.63, 3.8) is 0 Å². The molecule has 1 aliphatic heterocycles. The van der Waals surface area contributed by atoms with Crippen molar-refractivity contribution in [2.45, 2.75) is 44.3 Å². The number of hydrogen-bond donors (Lipinski definition) is 7. The van der Waals surface area contributed by atoms with Crippen LogP contribution in [0.25, 0.3) is 0 Å². The van der Waals surface area contributed by atoms with Crippen LogP contribution in [-0.2, 0) is 38.4 Å². The molecule has 2 aromatic rings. The largest absolute Gasteiger partial charge is 0.490 e. The predicted octanol–water partition coefficient (Wildman–Crippen LogP) is 1.92. The fourth-order valence-corrected chi connectivity index (χ4v) is 3.61. The summed E-state index contributed by atoms with van der Waals surface area (Å²) in [5.74, 6) is -6.46. The molecule has 2 aromatic carbocycles. The molecule has 13 nitrogen and oxygen atoms in total. The Hall–Kier alpha value is -5.15. The van der Waals surface area contributed by atoms with E-state index in [0.29, 0.717) is 35.4 Å². The van der Waals surface area contributed by atoms with E-state index in [-0.39, 0.29) is 18.8 Å². The van der Waals surface area contributed by atoms with Crippen LogP contribution in [-0.4, -0.2) is 63.3 Å². The van der Waals surface area contributed by atoms with E-state index in [1.54, 1.807) is 30.3 Å². The summed E-state index contributed by atoms with van der Waals surface area (Å²) in [6, 6.07) is 8.76. The van der Waals surface area contributed by atoms with Gasteiger partial charge in [-0.05, 0) is 60.2 Å². The Kier molecular flexibility index (Phi) is 10.8. The summed E-state index contributed by atoms with van der Waals surface area (Å²) in [5.41, 5.74) is 8.64. The highest BCUT2D eigenvalue weighted by Crippen LogP contribution is 2.29. The minimum Gasteiger partial charge on any atom is -0.481 e. The lowest BCUT2D eigenvalue weighted by molar-refractivity contribution is -0.192. The molecule has 1 atom stereocenters. The first kappa shape index (κ1) is 32.1. The molecule has 0 spiro atoms. The highest BCUT2D eigenvalue weighted by molar-refractivity contribution is 5.95. The number of fused-ring (bicyclic) bond motifs is 2.